The van der Waals surface area contributed by atoms with Crippen molar-refractivity contribution in [2.45, 2.75) is 0 Å². The third-order valence-electron chi connectivity index (χ3n) is 3.87. The van der Waals surface area contributed by atoms with Gasteiger partial charge in [-0.05, 0) is 39.8 Å². The van der Waals surface area contributed by atoms with Crippen molar-refractivity contribution < 1.29 is 27.1 Å². The average molecular weight is 519 g/mol. The number of ether oxygens (including phenoxy) is 1. The monoisotopic (exact) mass is 518 g/mol. The third-order valence-corrected chi connectivity index (χ3v) is 5.87. The molecule has 1 heterocycles. The Morgan fingerprint density at radius 1 is 1.03 bits per heavy atom. The van der Waals surface area contributed by atoms with E-state index in [-0.39, 0.29) is 15.7 Å². The summed E-state index contributed by atoms with van der Waals surface area (Å²) in [5, 5.41) is 4.54. The molecule has 30 heavy (non-hydrogen) atoms. The quantitative estimate of drug-likeness (QED) is 0.139. The van der Waals surface area contributed by atoms with Gasteiger partial charge < -0.3 is 15.4 Å². The molecule has 156 valence electrons. The van der Waals surface area contributed by atoms with Crippen molar-refractivity contribution in [2.75, 3.05) is 17.7 Å². The molecule has 3 aromatic rings. The summed E-state index contributed by atoms with van der Waals surface area (Å²) in [5.41, 5.74) is -0.168. The van der Waals surface area contributed by atoms with E-state index in [4.69, 9.17) is 17.0 Å². The topological polar surface area (TPSA) is 50.4 Å². The minimum atomic E-state index is -1.66. The molecule has 0 amide bonds. The Bertz CT molecular complexity index is 1110. The van der Waals surface area contributed by atoms with Crippen molar-refractivity contribution in [2.24, 2.45) is 0 Å². The van der Waals surface area contributed by atoms with Crippen molar-refractivity contribution >= 4 is 61.3 Å². The Morgan fingerprint density at radius 3 is 2.20 bits per heavy atom. The molecule has 0 radical (unpaired) electrons. The van der Waals surface area contributed by atoms with Crippen LogP contribution >= 0.6 is 39.5 Å². The number of thiophene rings is 1. The van der Waals surface area contributed by atoms with Gasteiger partial charge in [0.05, 0.1) is 17.1 Å². The lowest BCUT2D eigenvalue weighted by Crippen LogP contribution is -2.22. The lowest BCUT2D eigenvalue weighted by molar-refractivity contribution is 0.0602. The molecule has 0 saturated carbocycles. The van der Waals surface area contributed by atoms with Gasteiger partial charge in [0.2, 0.25) is 0 Å². The van der Waals surface area contributed by atoms with Gasteiger partial charge in [-0.1, -0.05) is 30.3 Å². The molecule has 0 bridgehead atoms. The van der Waals surface area contributed by atoms with Crippen LogP contribution in [-0.4, -0.2) is 18.2 Å². The van der Waals surface area contributed by atoms with E-state index in [1.807, 2.05) is 30.3 Å². The van der Waals surface area contributed by atoms with Crippen molar-refractivity contribution in [1.29, 1.82) is 0 Å². The fourth-order valence-corrected chi connectivity index (χ4v) is 4.13. The van der Waals surface area contributed by atoms with Gasteiger partial charge in [0.1, 0.15) is 10.7 Å². The Balaban J connectivity index is 1.92. The number of hydrogen-bond acceptors (Lipinski definition) is 4. The standard InChI is InChI=1S/C19H11BrF4N2O2S2/c1-28-18(27)9-7-10(8-5-3-2-4-6-8)30-17(9)26-19(29)25-16-14(23)12(21)11(20)13(22)15(16)24/h2-7H,1H3,(H2,25,26,29). The highest BCUT2D eigenvalue weighted by Crippen LogP contribution is 2.36. The molecule has 2 aromatic carbocycles. The fraction of sp³-hybridized carbons (Fsp3) is 0.0526. The van der Waals surface area contributed by atoms with Crippen LogP contribution in [0, 0.1) is 23.3 Å². The molecule has 0 saturated heterocycles. The summed E-state index contributed by atoms with van der Waals surface area (Å²) >= 11 is 8.57. The van der Waals surface area contributed by atoms with E-state index < -0.39 is 39.4 Å². The minimum Gasteiger partial charge on any atom is -0.465 e. The maximum absolute atomic E-state index is 14.1. The van der Waals surface area contributed by atoms with E-state index in [1.165, 1.54) is 7.11 Å². The van der Waals surface area contributed by atoms with Gasteiger partial charge in [-0.15, -0.1) is 11.3 Å². The van der Waals surface area contributed by atoms with E-state index in [0.717, 1.165) is 16.9 Å². The zero-order valence-corrected chi connectivity index (χ0v) is 18.2. The van der Waals surface area contributed by atoms with E-state index in [1.54, 1.807) is 6.07 Å². The Kier molecular flexibility index (Phi) is 6.74. The number of carbonyl (C=O) groups excluding carboxylic acids is 1. The van der Waals surface area contributed by atoms with Gasteiger partial charge in [-0.3, -0.25) is 0 Å². The first-order chi connectivity index (χ1) is 14.2. The molecule has 2 N–H and O–H groups in total. The minimum absolute atomic E-state index is 0.125. The van der Waals surface area contributed by atoms with E-state index in [0.29, 0.717) is 4.88 Å². The highest BCUT2D eigenvalue weighted by Gasteiger charge is 2.25. The van der Waals surface area contributed by atoms with Crippen LogP contribution in [0.15, 0.2) is 40.9 Å². The third kappa shape index (κ3) is 4.32. The van der Waals surface area contributed by atoms with Crippen LogP contribution in [0.3, 0.4) is 0 Å². The fourth-order valence-electron chi connectivity index (χ4n) is 2.45. The number of anilines is 2. The Labute approximate surface area is 186 Å². The zero-order chi connectivity index (χ0) is 22.0. The molecule has 3 rings (SSSR count). The van der Waals surface area contributed by atoms with E-state index >= 15 is 0 Å². The van der Waals surface area contributed by atoms with Crippen LogP contribution in [0.4, 0.5) is 28.3 Å². The van der Waals surface area contributed by atoms with E-state index in [2.05, 4.69) is 26.6 Å². The molecule has 4 nitrogen and oxygen atoms in total. The maximum Gasteiger partial charge on any atom is 0.340 e. The summed E-state index contributed by atoms with van der Waals surface area (Å²) in [6, 6.07) is 10.7. The van der Waals surface area contributed by atoms with Crippen LogP contribution in [0.25, 0.3) is 10.4 Å². The molecular weight excluding hydrogens is 508 g/mol. The predicted octanol–water partition coefficient (Wildman–Crippen LogP) is 6.33. The first kappa shape index (κ1) is 22.2. The molecule has 0 aliphatic heterocycles. The summed E-state index contributed by atoms with van der Waals surface area (Å²) < 4.78 is 59.3. The molecule has 1 aromatic heterocycles. The Hall–Kier alpha value is -2.50. The molecule has 0 spiro atoms. The SMILES string of the molecule is COC(=O)c1cc(-c2ccccc2)sc1NC(=S)Nc1c(F)c(F)c(Br)c(F)c1F. The molecule has 0 unspecified atom stereocenters. The zero-order valence-electron chi connectivity index (χ0n) is 15.0. The lowest BCUT2D eigenvalue weighted by atomic mass is 10.1. The van der Waals surface area contributed by atoms with Gasteiger partial charge in [-0.2, -0.15) is 0 Å². The second-order valence-electron chi connectivity index (χ2n) is 5.74. The van der Waals surface area contributed by atoms with Crippen LogP contribution in [0.1, 0.15) is 10.4 Å². The highest BCUT2D eigenvalue weighted by molar-refractivity contribution is 9.10. The summed E-state index contributed by atoms with van der Waals surface area (Å²) in [4.78, 5) is 12.8. The smallest absolute Gasteiger partial charge is 0.340 e. The first-order valence-electron chi connectivity index (χ1n) is 8.11. The molecular formula is C19H11BrF4N2O2S2. The van der Waals surface area contributed by atoms with Gasteiger partial charge in [0.25, 0.3) is 0 Å². The molecule has 0 aliphatic rings. The van der Waals surface area contributed by atoms with Crippen molar-refractivity contribution in [3.8, 4) is 10.4 Å². The van der Waals surface area contributed by atoms with Gasteiger partial charge in [-0.25, -0.2) is 22.4 Å². The van der Waals surface area contributed by atoms with Crippen molar-refractivity contribution in [1.82, 2.24) is 0 Å². The van der Waals surface area contributed by atoms with Crippen molar-refractivity contribution in [3.05, 3.63) is 69.7 Å². The van der Waals surface area contributed by atoms with Gasteiger partial charge in [0, 0.05) is 4.88 Å². The van der Waals surface area contributed by atoms with Crippen LogP contribution < -0.4 is 10.6 Å². The second-order valence-corrected chi connectivity index (χ2v) is 7.99. The number of nitrogens with one attached hydrogen (secondary N) is 2. The molecule has 0 aliphatic carbocycles. The van der Waals surface area contributed by atoms with E-state index in [9.17, 15) is 22.4 Å². The highest BCUT2D eigenvalue weighted by atomic mass is 79.9. The van der Waals surface area contributed by atoms with Crippen molar-refractivity contribution in [3.63, 3.8) is 0 Å². The average Bonchev–Trinajstić information content (AvgIpc) is 3.17. The van der Waals surface area contributed by atoms with Gasteiger partial charge >= 0.3 is 5.97 Å². The van der Waals surface area contributed by atoms with Crippen LogP contribution in [0.5, 0.6) is 0 Å². The first-order valence-corrected chi connectivity index (χ1v) is 10.1. The molecule has 0 fully saturated rings. The molecule has 0 atom stereocenters. The summed E-state index contributed by atoms with van der Waals surface area (Å²) in [6.45, 7) is 0. The number of benzene rings is 2. The number of esters is 1. The van der Waals surface area contributed by atoms with Crippen LogP contribution in [0.2, 0.25) is 0 Å². The largest absolute Gasteiger partial charge is 0.465 e. The molecule has 11 heteroatoms. The Morgan fingerprint density at radius 2 is 1.63 bits per heavy atom. The number of carbonyl (C=O) groups is 1. The number of thiocarbonyl (C=S) groups is 1. The number of hydrogen-bond donors (Lipinski definition) is 2. The summed E-state index contributed by atoms with van der Waals surface area (Å²) in [5.74, 6) is -7.21. The van der Waals surface area contributed by atoms with Gasteiger partial charge in [0.15, 0.2) is 28.4 Å². The number of rotatable bonds is 4. The number of methoxy groups -OCH3 is 1. The maximum atomic E-state index is 14.1. The second kappa shape index (κ2) is 9.11. The normalized spacial score (nSPS) is 10.6. The lowest BCUT2D eigenvalue weighted by Gasteiger charge is -2.13. The summed E-state index contributed by atoms with van der Waals surface area (Å²) in [6.07, 6.45) is 0. The summed E-state index contributed by atoms with van der Waals surface area (Å²) in [7, 11) is 1.20. The van der Waals surface area contributed by atoms with Crippen LogP contribution in [-0.2, 0) is 4.74 Å². The predicted molar refractivity (Wildman–Crippen MR) is 115 cm³/mol. The number of halogens is 5.